The van der Waals surface area contributed by atoms with Crippen LogP contribution in [-0.2, 0) is 9.53 Å². The minimum Gasteiger partial charge on any atom is -0.462 e. The number of ether oxygens (including phenoxy) is 1. The van der Waals surface area contributed by atoms with Gasteiger partial charge >= 0.3 is 5.97 Å². The number of carbonyl (C=O) groups excluding carboxylic acids is 1. The van der Waals surface area contributed by atoms with Gasteiger partial charge in [-0.15, -0.1) is 0 Å². The molecule has 10 atom stereocenters. The molecule has 1 N–H and O–H groups in total. The SMILES string of the molecule is C=C(C)[C@@H]1CC[C@]2(CO)CC[C@]3(C)[C@H](CC[C@H]4[C@@]5(C)CC[C@H](OC(C)=O)C(C)(C)[C@H]5CC[C@]43C)[C@H]12. The minimum atomic E-state index is -0.126. The first-order valence-corrected chi connectivity index (χ1v) is 14.7. The summed E-state index contributed by atoms with van der Waals surface area (Å²) in [7, 11) is 0. The molecule has 5 fully saturated rings. The fourth-order valence-corrected chi connectivity index (χ4v) is 11.9. The number of carbonyl (C=O) groups is 1. The Hall–Kier alpha value is -0.830. The lowest BCUT2D eigenvalue weighted by atomic mass is 9.32. The van der Waals surface area contributed by atoms with Crippen molar-refractivity contribution in [3.63, 3.8) is 0 Å². The zero-order valence-electron chi connectivity index (χ0n) is 23.7. The molecule has 0 aromatic heterocycles. The summed E-state index contributed by atoms with van der Waals surface area (Å²) < 4.78 is 5.90. The van der Waals surface area contributed by atoms with E-state index < -0.39 is 0 Å². The molecule has 0 heterocycles. The molecule has 0 aliphatic heterocycles. The van der Waals surface area contributed by atoms with Crippen molar-refractivity contribution in [1.29, 1.82) is 0 Å². The average Bonchev–Trinajstić information content (AvgIpc) is 3.16. The second-order valence-corrected chi connectivity index (χ2v) is 15.2. The monoisotopic (exact) mass is 484 g/mol. The summed E-state index contributed by atoms with van der Waals surface area (Å²) in [5.41, 5.74) is 2.45. The maximum absolute atomic E-state index is 11.9. The summed E-state index contributed by atoms with van der Waals surface area (Å²) >= 11 is 0. The van der Waals surface area contributed by atoms with Crippen LogP contribution in [0.3, 0.4) is 0 Å². The van der Waals surface area contributed by atoms with E-state index >= 15 is 0 Å². The number of rotatable bonds is 3. The van der Waals surface area contributed by atoms with Gasteiger partial charge in [-0.3, -0.25) is 4.79 Å². The second-order valence-electron chi connectivity index (χ2n) is 15.2. The Morgan fingerprint density at radius 1 is 0.857 bits per heavy atom. The van der Waals surface area contributed by atoms with Crippen molar-refractivity contribution < 1.29 is 14.6 Å². The molecule has 5 aliphatic carbocycles. The largest absolute Gasteiger partial charge is 0.462 e. The molecule has 5 aliphatic rings. The van der Waals surface area contributed by atoms with Crippen LogP contribution in [0.5, 0.6) is 0 Å². The number of esters is 1. The topological polar surface area (TPSA) is 46.5 Å². The van der Waals surface area contributed by atoms with Gasteiger partial charge in [0.05, 0.1) is 0 Å². The van der Waals surface area contributed by atoms with Crippen LogP contribution in [0, 0.1) is 56.7 Å². The van der Waals surface area contributed by atoms with E-state index in [1.165, 1.54) is 63.4 Å². The predicted octanol–water partition coefficient (Wildman–Crippen LogP) is 7.57. The molecule has 0 unspecified atom stereocenters. The van der Waals surface area contributed by atoms with E-state index in [1.807, 2.05) is 0 Å². The van der Waals surface area contributed by atoms with Crippen molar-refractivity contribution in [3.8, 4) is 0 Å². The van der Waals surface area contributed by atoms with Crippen LogP contribution in [0.4, 0.5) is 0 Å². The molecular formula is C32H52O3. The molecule has 0 radical (unpaired) electrons. The first-order valence-electron chi connectivity index (χ1n) is 14.7. The maximum Gasteiger partial charge on any atom is 0.302 e. The third-order valence-corrected chi connectivity index (χ3v) is 13.8. The summed E-state index contributed by atoms with van der Waals surface area (Å²) in [6.07, 6.45) is 12.2. The van der Waals surface area contributed by atoms with Crippen molar-refractivity contribution in [1.82, 2.24) is 0 Å². The lowest BCUT2D eigenvalue weighted by Crippen LogP contribution is -2.67. The summed E-state index contributed by atoms with van der Waals surface area (Å²) in [6.45, 7) is 21.3. The Labute approximate surface area is 214 Å². The summed E-state index contributed by atoms with van der Waals surface area (Å²) in [4.78, 5) is 11.9. The Balaban J connectivity index is 1.51. The summed E-state index contributed by atoms with van der Waals surface area (Å²) in [6, 6.07) is 0. The standard InChI is InChI=1S/C32H52O3/c1-20(2)22-11-16-32(19-33)18-17-30(7)23(27(22)32)9-10-25-29(6)14-13-26(35-21(3)34)28(4,5)24(29)12-15-31(25,30)8/h22-27,33H,1,9-19H2,2-8H3/t22-,23+,24+,25-,26-,27-,29-,30+,31+,32+/m0/s1. The average molecular weight is 485 g/mol. The Morgan fingerprint density at radius 3 is 2.20 bits per heavy atom. The predicted molar refractivity (Wildman–Crippen MR) is 142 cm³/mol. The number of hydrogen-bond donors (Lipinski definition) is 1. The second kappa shape index (κ2) is 8.08. The van der Waals surface area contributed by atoms with E-state index in [4.69, 9.17) is 4.74 Å². The van der Waals surface area contributed by atoms with E-state index in [-0.39, 0.29) is 22.9 Å². The smallest absolute Gasteiger partial charge is 0.302 e. The molecule has 0 amide bonds. The zero-order chi connectivity index (χ0) is 25.6. The summed E-state index contributed by atoms with van der Waals surface area (Å²) in [5.74, 6) is 3.07. The van der Waals surface area contributed by atoms with E-state index in [9.17, 15) is 9.90 Å². The van der Waals surface area contributed by atoms with Crippen molar-refractivity contribution in [2.45, 2.75) is 119 Å². The van der Waals surface area contributed by atoms with Gasteiger partial charge in [-0.2, -0.15) is 0 Å². The normalized spacial score (nSPS) is 52.5. The van der Waals surface area contributed by atoms with Crippen LogP contribution >= 0.6 is 0 Å². The van der Waals surface area contributed by atoms with Gasteiger partial charge in [0.2, 0.25) is 0 Å². The number of fused-ring (bicyclic) bond motifs is 7. The molecule has 3 heteroatoms. The Kier molecular flexibility index (Phi) is 5.96. The fraction of sp³-hybridized carbons (Fsp3) is 0.906. The Bertz CT molecular complexity index is 891. The highest BCUT2D eigenvalue weighted by Gasteiger charge is 2.71. The highest BCUT2D eigenvalue weighted by atomic mass is 16.5. The van der Waals surface area contributed by atoms with E-state index in [1.54, 1.807) is 6.92 Å². The molecule has 3 nitrogen and oxygen atoms in total. The van der Waals surface area contributed by atoms with Gasteiger partial charge < -0.3 is 9.84 Å². The number of allylic oxidation sites excluding steroid dienone is 1. The molecule has 0 bridgehead atoms. The highest BCUT2D eigenvalue weighted by molar-refractivity contribution is 5.66. The number of hydrogen-bond acceptors (Lipinski definition) is 3. The molecule has 5 saturated carbocycles. The molecule has 0 aromatic rings. The van der Waals surface area contributed by atoms with Crippen LogP contribution in [0.15, 0.2) is 12.2 Å². The lowest BCUT2D eigenvalue weighted by Gasteiger charge is -2.73. The summed E-state index contributed by atoms with van der Waals surface area (Å²) in [5, 5.41) is 10.7. The molecule has 0 spiro atoms. The van der Waals surface area contributed by atoms with Gasteiger partial charge in [0.1, 0.15) is 6.10 Å². The quantitative estimate of drug-likeness (QED) is 0.332. The van der Waals surface area contributed by atoms with Crippen LogP contribution in [0.25, 0.3) is 0 Å². The van der Waals surface area contributed by atoms with Gasteiger partial charge in [-0.05, 0) is 122 Å². The molecule has 0 saturated heterocycles. The van der Waals surface area contributed by atoms with E-state index in [2.05, 4.69) is 48.1 Å². The third kappa shape index (κ3) is 3.28. The van der Waals surface area contributed by atoms with Gasteiger partial charge in [0.25, 0.3) is 0 Å². The van der Waals surface area contributed by atoms with Crippen molar-refractivity contribution >= 4 is 5.97 Å². The van der Waals surface area contributed by atoms with Gasteiger partial charge in [-0.25, -0.2) is 0 Å². The van der Waals surface area contributed by atoms with Crippen LogP contribution in [0.1, 0.15) is 113 Å². The van der Waals surface area contributed by atoms with Crippen molar-refractivity contribution in [2.24, 2.45) is 56.7 Å². The van der Waals surface area contributed by atoms with Gasteiger partial charge in [0, 0.05) is 18.9 Å². The Morgan fingerprint density at radius 2 is 1.57 bits per heavy atom. The molecule has 0 aromatic carbocycles. The highest BCUT2D eigenvalue weighted by Crippen LogP contribution is 2.77. The fourth-order valence-electron chi connectivity index (χ4n) is 11.9. The maximum atomic E-state index is 11.9. The third-order valence-electron chi connectivity index (χ3n) is 13.8. The lowest BCUT2D eigenvalue weighted by molar-refractivity contribution is -0.251. The number of aliphatic hydroxyl groups excluding tert-OH is 1. The number of aliphatic hydroxyl groups is 1. The zero-order valence-corrected chi connectivity index (χ0v) is 23.7. The molecule has 35 heavy (non-hydrogen) atoms. The van der Waals surface area contributed by atoms with E-state index in [0.717, 1.165) is 12.3 Å². The molecular weight excluding hydrogens is 432 g/mol. The first kappa shape index (κ1) is 25.8. The van der Waals surface area contributed by atoms with E-state index in [0.29, 0.717) is 46.5 Å². The minimum absolute atomic E-state index is 0.0207. The van der Waals surface area contributed by atoms with Crippen molar-refractivity contribution in [2.75, 3.05) is 6.61 Å². The molecule has 5 rings (SSSR count). The van der Waals surface area contributed by atoms with Crippen LogP contribution in [0.2, 0.25) is 0 Å². The van der Waals surface area contributed by atoms with Gasteiger partial charge in [-0.1, -0.05) is 46.8 Å². The molecule has 198 valence electrons. The van der Waals surface area contributed by atoms with Crippen LogP contribution < -0.4 is 0 Å². The first-order chi connectivity index (χ1) is 16.3. The van der Waals surface area contributed by atoms with Crippen LogP contribution in [-0.4, -0.2) is 23.8 Å². The van der Waals surface area contributed by atoms with Gasteiger partial charge in [0.15, 0.2) is 0 Å². The van der Waals surface area contributed by atoms with Crippen molar-refractivity contribution in [3.05, 3.63) is 12.2 Å².